The van der Waals surface area contributed by atoms with Crippen LogP contribution in [0.1, 0.15) is 78.1 Å². The van der Waals surface area contributed by atoms with Gasteiger partial charge in [-0.1, -0.05) is 43.9 Å². The molecule has 2 atom stereocenters. The second kappa shape index (κ2) is 4.86. The number of hydrogen-bond acceptors (Lipinski definition) is 1. The molecule has 0 amide bonds. The summed E-state index contributed by atoms with van der Waals surface area (Å²) < 4.78 is 0. The topological polar surface area (TPSA) is 17.1 Å². The van der Waals surface area contributed by atoms with Gasteiger partial charge in [-0.2, -0.15) is 0 Å². The molecule has 3 aliphatic carbocycles. The summed E-state index contributed by atoms with van der Waals surface area (Å²) in [6.07, 6.45) is 11.9. The molecule has 0 heterocycles. The number of carbonyl (C=O) groups excluding carboxylic acids is 1. The minimum Gasteiger partial charge on any atom is -0.299 e. The smallest absolute Gasteiger partial charge is 0.144 e. The second-order valence-corrected chi connectivity index (χ2v) is 7.51. The van der Waals surface area contributed by atoms with Crippen molar-refractivity contribution in [1.82, 2.24) is 0 Å². The first-order valence-electron chi connectivity index (χ1n) is 8.49. The molecule has 0 radical (unpaired) electrons. The zero-order valence-electron chi connectivity index (χ0n) is 13.2. The number of fused-ring (bicyclic) bond motifs is 1. The van der Waals surface area contributed by atoms with E-state index in [0.717, 1.165) is 19.3 Å². The number of rotatable bonds is 6. The van der Waals surface area contributed by atoms with E-state index in [9.17, 15) is 4.79 Å². The SMILES string of the molecule is C=C(CCCCCC)C1=C2CCC[C@]23CC(=O)[C@]1(C)C3. The molecule has 20 heavy (non-hydrogen) atoms. The van der Waals surface area contributed by atoms with Crippen LogP contribution in [0.5, 0.6) is 0 Å². The van der Waals surface area contributed by atoms with Gasteiger partial charge in [0.25, 0.3) is 0 Å². The summed E-state index contributed by atoms with van der Waals surface area (Å²) in [7, 11) is 0. The first-order valence-corrected chi connectivity index (χ1v) is 8.49. The molecule has 1 nitrogen and oxygen atoms in total. The largest absolute Gasteiger partial charge is 0.299 e. The molecule has 0 aromatic rings. The molecule has 0 N–H and O–H groups in total. The van der Waals surface area contributed by atoms with Gasteiger partial charge >= 0.3 is 0 Å². The Bertz CT molecular complexity index is 484. The standard InChI is InChI=1S/C19H28O/c1-4-5-6-7-9-14(2)17-15-10-8-11-19(15)12-16(20)18(17,3)13-19/h2,4-13H2,1,3H3/t18-,19+/m0/s1. The van der Waals surface area contributed by atoms with Crippen LogP contribution in [0.25, 0.3) is 0 Å². The van der Waals surface area contributed by atoms with Crippen molar-refractivity contribution in [2.24, 2.45) is 10.8 Å². The fourth-order valence-electron chi connectivity index (χ4n) is 5.19. The zero-order valence-corrected chi connectivity index (χ0v) is 13.2. The molecule has 1 spiro atoms. The lowest BCUT2D eigenvalue weighted by Gasteiger charge is -2.29. The monoisotopic (exact) mass is 272 g/mol. The normalized spacial score (nSPS) is 35.0. The maximum absolute atomic E-state index is 12.5. The van der Waals surface area contributed by atoms with Gasteiger partial charge in [0.1, 0.15) is 5.78 Å². The lowest BCUT2D eigenvalue weighted by atomic mass is 9.74. The van der Waals surface area contributed by atoms with Crippen LogP contribution >= 0.6 is 0 Å². The summed E-state index contributed by atoms with van der Waals surface area (Å²) in [5, 5.41) is 0. The Morgan fingerprint density at radius 3 is 2.85 bits per heavy atom. The Morgan fingerprint density at radius 1 is 1.30 bits per heavy atom. The van der Waals surface area contributed by atoms with Crippen molar-refractivity contribution in [2.75, 3.05) is 0 Å². The second-order valence-electron chi connectivity index (χ2n) is 7.51. The fourth-order valence-corrected chi connectivity index (χ4v) is 5.19. The van der Waals surface area contributed by atoms with Crippen molar-refractivity contribution in [3.8, 4) is 0 Å². The van der Waals surface area contributed by atoms with E-state index in [1.54, 1.807) is 5.57 Å². The Morgan fingerprint density at radius 2 is 2.10 bits per heavy atom. The third kappa shape index (κ3) is 1.85. The highest BCUT2D eigenvalue weighted by Crippen LogP contribution is 2.69. The van der Waals surface area contributed by atoms with E-state index in [1.807, 2.05) is 0 Å². The van der Waals surface area contributed by atoms with E-state index in [0.29, 0.717) is 5.78 Å². The highest BCUT2D eigenvalue weighted by Gasteiger charge is 2.62. The molecule has 2 saturated carbocycles. The highest BCUT2D eigenvalue weighted by atomic mass is 16.1. The summed E-state index contributed by atoms with van der Waals surface area (Å²) in [5.74, 6) is 0.493. The zero-order chi connectivity index (χ0) is 14.4. The van der Waals surface area contributed by atoms with Crippen LogP contribution < -0.4 is 0 Å². The number of hydrogen-bond donors (Lipinski definition) is 0. The summed E-state index contributed by atoms with van der Waals surface area (Å²) in [6.45, 7) is 8.82. The van der Waals surface area contributed by atoms with Crippen LogP contribution in [0.4, 0.5) is 0 Å². The van der Waals surface area contributed by atoms with Gasteiger partial charge in [0, 0.05) is 11.8 Å². The predicted molar refractivity (Wildman–Crippen MR) is 83.6 cm³/mol. The van der Waals surface area contributed by atoms with Gasteiger partial charge < -0.3 is 0 Å². The number of Topliss-reactive ketones (excluding diaryl/α,β-unsaturated/α-hetero) is 1. The van der Waals surface area contributed by atoms with E-state index in [2.05, 4.69) is 20.4 Å². The van der Waals surface area contributed by atoms with E-state index < -0.39 is 0 Å². The van der Waals surface area contributed by atoms with Crippen LogP contribution in [0.2, 0.25) is 0 Å². The molecule has 110 valence electrons. The Hall–Kier alpha value is -0.850. The molecule has 2 fully saturated rings. The molecular weight excluding hydrogens is 244 g/mol. The molecule has 0 aromatic heterocycles. The first-order chi connectivity index (χ1) is 9.53. The molecule has 0 aromatic carbocycles. The molecular formula is C19H28O. The third-order valence-corrected chi connectivity index (χ3v) is 6.07. The lowest BCUT2D eigenvalue weighted by Crippen LogP contribution is -2.26. The molecule has 0 aliphatic heterocycles. The maximum atomic E-state index is 12.5. The summed E-state index contributed by atoms with van der Waals surface area (Å²) in [5.41, 5.74) is 4.43. The van der Waals surface area contributed by atoms with Crippen LogP contribution in [0.15, 0.2) is 23.3 Å². The van der Waals surface area contributed by atoms with E-state index in [-0.39, 0.29) is 10.8 Å². The average Bonchev–Trinajstić information content (AvgIpc) is 2.96. The Balaban J connectivity index is 1.81. The van der Waals surface area contributed by atoms with Gasteiger partial charge in [-0.25, -0.2) is 0 Å². The average molecular weight is 272 g/mol. The van der Waals surface area contributed by atoms with Gasteiger partial charge in [0.15, 0.2) is 0 Å². The quantitative estimate of drug-likeness (QED) is 0.595. The Kier molecular flexibility index (Phi) is 3.43. The fraction of sp³-hybridized carbons (Fsp3) is 0.737. The highest BCUT2D eigenvalue weighted by molar-refractivity contribution is 5.95. The van der Waals surface area contributed by atoms with Crippen LogP contribution in [-0.4, -0.2) is 5.78 Å². The first kappa shape index (κ1) is 14.1. The van der Waals surface area contributed by atoms with Crippen molar-refractivity contribution in [3.63, 3.8) is 0 Å². The lowest BCUT2D eigenvalue weighted by molar-refractivity contribution is -0.123. The van der Waals surface area contributed by atoms with Gasteiger partial charge in [0.2, 0.25) is 0 Å². The van der Waals surface area contributed by atoms with E-state index in [4.69, 9.17) is 0 Å². The van der Waals surface area contributed by atoms with Crippen LogP contribution in [0, 0.1) is 10.8 Å². The van der Waals surface area contributed by atoms with Crippen molar-refractivity contribution in [1.29, 1.82) is 0 Å². The number of allylic oxidation sites excluding steroid dienone is 3. The van der Waals surface area contributed by atoms with Gasteiger partial charge in [-0.15, -0.1) is 0 Å². The van der Waals surface area contributed by atoms with Crippen molar-refractivity contribution < 1.29 is 4.79 Å². The van der Waals surface area contributed by atoms with Crippen LogP contribution in [0.3, 0.4) is 0 Å². The van der Waals surface area contributed by atoms with E-state index in [1.165, 1.54) is 56.1 Å². The number of ketones is 1. The molecule has 3 rings (SSSR count). The minimum absolute atomic E-state index is 0.169. The molecule has 2 bridgehead atoms. The minimum atomic E-state index is -0.169. The van der Waals surface area contributed by atoms with Crippen molar-refractivity contribution >= 4 is 5.78 Å². The predicted octanol–water partition coefficient (Wildman–Crippen LogP) is 5.36. The summed E-state index contributed by atoms with van der Waals surface area (Å²) >= 11 is 0. The van der Waals surface area contributed by atoms with E-state index >= 15 is 0 Å². The van der Waals surface area contributed by atoms with Gasteiger partial charge in [-0.05, 0) is 51.0 Å². The Labute approximate surface area is 123 Å². The van der Waals surface area contributed by atoms with Gasteiger partial charge in [-0.3, -0.25) is 4.79 Å². The van der Waals surface area contributed by atoms with Crippen molar-refractivity contribution in [2.45, 2.75) is 78.1 Å². The summed E-state index contributed by atoms with van der Waals surface area (Å²) in [6, 6.07) is 0. The maximum Gasteiger partial charge on any atom is 0.144 e. The number of carbonyl (C=O) groups is 1. The van der Waals surface area contributed by atoms with Crippen LogP contribution in [-0.2, 0) is 4.79 Å². The third-order valence-electron chi connectivity index (χ3n) is 6.07. The van der Waals surface area contributed by atoms with Crippen molar-refractivity contribution in [3.05, 3.63) is 23.3 Å². The molecule has 1 heteroatoms. The molecule has 3 aliphatic rings. The summed E-state index contributed by atoms with van der Waals surface area (Å²) in [4.78, 5) is 12.5. The number of unbranched alkanes of at least 4 members (excludes halogenated alkanes) is 3. The molecule has 0 unspecified atom stereocenters. The van der Waals surface area contributed by atoms with Gasteiger partial charge in [0.05, 0.1) is 5.41 Å². The molecule has 0 saturated heterocycles.